The van der Waals surface area contributed by atoms with E-state index in [9.17, 15) is 5.11 Å². The number of hydrogen-bond donors (Lipinski definition) is 1. The second kappa shape index (κ2) is 4.63. The molecule has 1 N–H and O–H groups in total. The highest BCUT2D eigenvalue weighted by molar-refractivity contribution is 5.04. The summed E-state index contributed by atoms with van der Waals surface area (Å²) in [5, 5.41) is 9.74. The standard InChI is InChI=1S/C10H20O2/c1-6-10(4,12-5)9(11)7-8(2)3/h7,9,11H,6H2,1-5H3. The molecule has 0 aliphatic carbocycles. The summed E-state index contributed by atoms with van der Waals surface area (Å²) in [5.41, 5.74) is 0.663. The lowest BCUT2D eigenvalue weighted by atomic mass is 9.94. The highest BCUT2D eigenvalue weighted by Crippen LogP contribution is 2.20. The first-order chi connectivity index (χ1) is 5.46. The van der Waals surface area contributed by atoms with Crippen LogP contribution in [0.4, 0.5) is 0 Å². The molecule has 0 aliphatic rings. The zero-order valence-corrected chi connectivity index (χ0v) is 8.72. The third-order valence-electron chi connectivity index (χ3n) is 2.29. The summed E-state index contributed by atoms with van der Waals surface area (Å²) >= 11 is 0. The van der Waals surface area contributed by atoms with Crippen LogP contribution in [-0.4, -0.2) is 23.9 Å². The van der Waals surface area contributed by atoms with Gasteiger partial charge in [0.2, 0.25) is 0 Å². The zero-order valence-electron chi connectivity index (χ0n) is 8.72. The molecule has 0 amide bonds. The van der Waals surface area contributed by atoms with E-state index in [4.69, 9.17) is 4.74 Å². The Morgan fingerprint density at radius 3 is 2.33 bits per heavy atom. The predicted octanol–water partition coefficient (Wildman–Crippen LogP) is 2.13. The molecule has 12 heavy (non-hydrogen) atoms. The molecule has 0 aromatic heterocycles. The second-order valence-electron chi connectivity index (χ2n) is 3.56. The summed E-state index contributed by atoms with van der Waals surface area (Å²) in [5.74, 6) is 0. The Kier molecular flexibility index (Phi) is 4.50. The van der Waals surface area contributed by atoms with Crippen molar-refractivity contribution in [3.63, 3.8) is 0 Å². The van der Waals surface area contributed by atoms with E-state index >= 15 is 0 Å². The van der Waals surface area contributed by atoms with Gasteiger partial charge < -0.3 is 9.84 Å². The van der Waals surface area contributed by atoms with Crippen LogP contribution in [0.15, 0.2) is 11.6 Å². The maximum absolute atomic E-state index is 9.74. The maximum Gasteiger partial charge on any atom is 0.101 e. The van der Waals surface area contributed by atoms with E-state index in [1.54, 1.807) is 7.11 Å². The van der Waals surface area contributed by atoms with Gasteiger partial charge in [0.25, 0.3) is 0 Å². The third kappa shape index (κ3) is 2.95. The Balaban J connectivity index is 4.42. The molecule has 2 atom stereocenters. The van der Waals surface area contributed by atoms with E-state index in [0.29, 0.717) is 0 Å². The van der Waals surface area contributed by atoms with Gasteiger partial charge in [-0.15, -0.1) is 0 Å². The van der Waals surface area contributed by atoms with E-state index in [1.165, 1.54) is 0 Å². The van der Waals surface area contributed by atoms with Crippen molar-refractivity contribution in [2.75, 3.05) is 7.11 Å². The molecule has 0 bridgehead atoms. The molecule has 0 rings (SSSR count). The number of methoxy groups -OCH3 is 1. The van der Waals surface area contributed by atoms with Crippen LogP contribution >= 0.6 is 0 Å². The second-order valence-corrected chi connectivity index (χ2v) is 3.56. The molecule has 2 heteroatoms. The fraction of sp³-hybridized carbons (Fsp3) is 0.800. The van der Waals surface area contributed by atoms with Gasteiger partial charge in [-0.2, -0.15) is 0 Å². The summed E-state index contributed by atoms with van der Waals surface area (Å²) in [6.07, 6.45) is 2.11. The molecular formula is C10H20O2. The quantitative estimate of drug-likeness (QED) is 0.658. The highest BCUT2D eigenvalue weighted by atomic mass is 16.5. The molecule has 0 radical (unpaired) electrons. The molecule has 0 aliphatic heterocycles. The summed E-state index contributed by atoms with van der Waals surface area (Å²) in [7, 11) is 1.63. The Hall–Kier alpha value is -0.340. The minimum atomic E-state index is -0.516. The third-order valence-corrected chi connectivity index (χ3v) is 2.29. The van der Waals surface area contributed by atoms with Crippen molar-refractivity contribution in [1.82, 2.24) is 0 Å². The van der Waals surface area contributed by atoms with Crippen molar-refractivity contribution in [2.24, 2.45) is 0 Å². The van der Waals surface area contributed by atoms with Gasteiger partial charge in [-0.25, -0.2) is 0 Å². The molecular weight excluding hydrogens is 152 g/mol. The lowest BCUT2D eigenvalue weighted by Crippen LogP contribution is -2.39. The van der Waals surface area contributed by atoms with Crippen LogP contribution in [0.3, 0.4) is 0 Å². The molecule has 0 aromatic rings. The van der Waals surface area contributed by atoms with Gasteiger partial charge in [-0.3, -0.25) is 0 Å². The molecule has 0 aromatic carbocycles. The van der Waals surface area contributed by atoms with Crippen molar-refractivity contribution in [2.45, 2.75) is 45.8 Å². The van der Waals surface area contributed by atoms with Crippen LogP contribution in [0.2, 0.25) is 0 Å². The smallest absolute Gasteiger partial charge is 0.101 e. The van der Waals surface area contributed by atoms with Crippen molar-refractivity contribution < 1.29 is 9.84 Å². The van der Waals surface area contributed by atoms with E-state index < -0.39 is 11.7 Å². The monoisotopic (exact) mass is 172 g/mol. The Labute approximate surface area is 75.2 Å². The zero-order chi connectivity index (χ0) is 9.78. The van der Waals surface area contributed by atoms with Crippen LogP contribution in [0.1, 0.15) is 34.1 Å². The molecule has 0 saturated carbocycles. The van der Waals surface area contributed by atoms with Crippen molar-refractivity contribution >= 4 is 0 Å². The molecule has 2 nitrogen and oxygen atoms in total. The molecule has 0 spiro atoms. The van der Waals surface area contributed by atoms with Gasteiger partial charge in [0.05, 0.1) is 5.60 Å². The lowest BCUT2D eigenvalue weighted by molar-refractivity contribution is -0.0724. The Morgan fingerprint density at radius 2 is 2.08 bits per heavy atom. The van der Waals surface area contributed by atoms with Crippen LogP contribution in [0.25, 0.3) is 0 Å². The highest BCUT2D eigenvalue weighted by Gasteiger charge is 2.28. The molecule has 0 fully saturated rings. The number of aliphatic hydroxyl groups is 1. The topological polar surface area (TPSA) is 29.5 Å². The number of aliphatic hydroxyl groups excluding tert-OH is 1. The summed E-state index contributed by atoms with van der Waals surface area (Å²) < 4.78 is 5.26. The largest absolute Gasteiger partial charge is 0.386 e. The van der Waals surface area contributed by atoms with Gasteiger partial charge >= 0.3 is 0 Å². The van der Waals surface area contributed by atoms with Crippen LogP contribution in [0.5, 0.6) is 0 Å². The van der Waals surface area contributed by atoms with Crippen molar-refractivity contribution in [3.05, 3.63) is 11.6 Å². The van der Waals surface area contributed by atoms with Gasteiger partial charge in [-0.1, -0.05) is 18.6 Å². The first-order valence-corrected chi connectivity index (χ1v) is 4.34. The number of allylic oxidation sites excluding steroid dienone is 1. The number of hydrogen-bond acceptors (Lipinski definition) is 2. The van der Waals surface area contributed by atoms with E-state index in [1.807, 2.05) is 33.8 Å². The summed E-state index contributed by atoms with van der Waals surface area (Å²) in [4.78, 5) is 0. The first kappa shape index (κ1) is 11.7. The van der Waals surface area contributed by atoms with E-state index in [2.05, 4.69) is 0 Å². The Morgan fingerprint density at radius 1 is 1.58 bits per heavy atom. The van der Waals surface area contributed by atoms with Gasteiger partial charge in [0.1, 0.15) is 6.10 Å². The first-order valence-electron chi connectivity index (χ1n) is 4.34. The number of rotatable bonds is 4. The summed E-state index contributed by atoms with van der Waals surface area (Å²) in [6.45, 7) is 7.85. The SMILES string of the molecule is CCC(C)(OC)C(O)C=C(C)C. The number of ether oxygens (including phenoxy) is 1. The molecule has 0 saturated heterocycles. The predicted molar refractivity (Wildman–Crippen MR) is 51.1 cm³/mol. The van der Waals surface area contributed by atoms with Gasteiger partial charge in [0.15, 0.2) is 0 Å². The minimum absolute atomic E-state index is 0.447. The fourth-order valence-corrected chi connectivity index (χ4v) is 0.966. The van der Waals surface area contributed by atoms with Crippen LogP contribution < -0.4 is 0 Å². The molecule has 2 unspecified atom stereocenters. The van der Waals surface area contributed by atoms with E-state index in [-0.39, 0.29) is 0 Å². The average Bonchev–Trinajstić information content (AvgIpc) is 2.02. The lowest BCUT2D eigenvalue weighted by Gasteiger charge is -2.30. The summed E-state index contributed by atoms with van der Waals surface area (Å²) in [6, 6.07) is 0. The van der Waals surface area contributed by atoms with E-state index in [0.717, 1.165) is 12.0 Å². The maximum atomic E-state index is 9.74. The van der Waals surface area contributed by atoms with Crippen LogP contribution in [-0.2, 0) is 4.74 Å². The Bertz CT molecular complexity index is 153. The average molecular weight is 172 g/mol. The van der Waals surface area contributed by atoms with Gasteiger partial charge in [0, 0.05) is 7.11 Å². The molecule has 72 valence electrons. The minimum Gasteiger partial charge on any atom is -0.386 e. The van der Waals surface area contributed by atoms with Crippen molar-refractivity contribution in [1.29, 1.82) is 0 Å². The normalized spacial score (nSPS) is 18.2. The molecule has 0 heterocycles. The van der Waals surface area contributed by atoms with Gasteiger partial charge in [-0.05, 0) is 27.2 Å². The fourth-order valence-electron chi connectivity index (χ4n) is 0.966. The van der Waals surface area contributed by atoms with Crippen molar-refractivity contribution in [3.8, 4) is 0 Å². The van der Waals surface area contributed by atoms with Crippen LogP contribution in [0, 0.1) is 0 Å².